The molecule has 2 N–H and O–H groups in total. The highest BCUT2D eigenvalue weighted by molar-refractivity contribution is 7.13. The second-order valence-electron chi connectivity index (χ2n) is 5.49. The molecule has 4 heteroatoms. The van der Waals surface area contributed by atoms with Gasteiger partial charge in [-0.2, -0.15) is 5.10 Å². The van der Waals surface area contributed by atoms with E-state index < -0.39 is 0 Å². The number of hydrogen-bond acceptors (Lipinski definition) is 3. The van der Waals surface area contributed by atoms with Crippen molar-refractivity contribution in [1.29, 1.82) is 0 Å². The third-order valence-electron chi connectivity index (χ3n) is 3.73. The molecule has 3 nitrogen and oxygen atoms in total. The molecule has 1 aliphatic rings. The third kappa shape index (κ3) is 1.59. The molecule has 1 unspecified atom stereocenters. The van der Waals surface area contributed by atoms with Crippen molar-refractivity contribution in [3.63, 3.8) is 0 Å². The van der Waals surface area contributed by atoms with Gasteiger partial charge in [0.2, 0.25) is 0 Å². The van der Waals surface area contributed by atoms with Crippen molar-refractivity contribution in [2.24, 2.45) is 12.5 Å². The van der Waals surface area contributed by atoms with E-state index in [1.165, 1.54) is 17.0 Å². The topological polar surface area (TPSA) is 43.8 Å². The van der Waals surface area contributed by atoms with E-state index in [2.05, 4.69) is 36.5 Å². The largest absolute Gasteiger partial charge is 0.383 e. The molecule has 0 spiro atoms. The molecule has 0 aliphatic heterocycles. The molecule has 0 bridgehead atoms. The molecule has 0 amide bonds. The summed E-state index contributed by atoms with van der Waals surface area (Å²) < 4.78 is 1.80. The molecule has 2 aromatic heterocycles. The van der Waals surface area contributed by atoms with E-state index in [1.54, 1.807) is 16.0 Å². The van der Waals surface area contributed by atoms with Crippen LogP contribution in [0.5, 0.6) is 0 Å². The lowest BCUT2D eigenvalue weighted by Crippen LogP contribution is -1.97. The van der Waals surface area contributed by atoms with E-state index in [9.17, 15) is 0 Å². The van der Waals surface area contributed by atoms with Crippen LogP contribution < -0.4 is 5.73 Å². The van der Waals surface area contributed by atoms with Crippen LogP contribution in [0, 0.1) is 5.41 Å². The Hall–Kier alpha value is -1.29. The monoisotopic (exact) mass is 247 g/mol. The lowest BCUT2D eigenvalue weighted by atomic mass is 10.0. The minimum absolute atomic E-state index is 0.382. The normalized spacial score (nSPS) is 21.7. The van der Waals surface area contributed by atoms with E-state index in [1.807, 2.05) is 7.05 Å². The van der Waals surface area contributed by atoms with Gasteiger partial charge >= 0.3 is 0 Å². The number of nitrogens with two attached hydrogens (primary N) is 1. The molecule has 17 heavy (non-hydrogen) atoms. The molecular weight excluding hydrogens is 230 g/mol. The van der Waals surface area contributed by atoms with Gasteiger partial charge in [0.05, 0.1) is 11.3 Å². The maximum absolute atomic E-state index is 6.16. The number of aromatic nitrogens is 2. The van der Waals surface area contributed by atoms with Crippen LogP contribution in [0.15, 0.2) is 17.5 Å². The molecule has 1 fully saturated rings. The summed E-state index contributed by atoms with van der Waals surface area (Å²) in [5, 5.41) is 6.71. The summed E-state index contributed by atoms with van der Waals surface area (Å²) in [5.41, 5.74) is 8.87. The average Bonchev–Trinajstić information content (AvgIpc) is 2.70. The van der Waals surface area contributed by atoms with E-state index in [-0.39, 0.29) is 0 Å². The fourth-order valence-electron chi connectivity index (χ4n) is 2.41. The van der Waals surface area contributed by atoms with Crippen LogP contribution in [0.1, 0.15) is 31.9 Å². The minimum Gasteiger partial charge on any atom is -0.383 e. The smallest absolute Gasteiger partial charge is 0.130 e. The molecule has 2 heterocycles. The van der Waals surface area contributed by atoms with Crippen LogP contribution in [0.4, 0.5) is 5.82 Å². The van der Waals surface area contributed by atoms with Crippen molar-refractivity contribution >= 4 is 17.2 Å². The Morgan fingerprint density at radius 1 is 1.53 bits per heavy atom. The van der Waals surface area contributed by atoms with Gasteiger partial charge in [-0.25, -0.2) is 0 Å². The zero-order valence-electron chi connectivity index (χ0n) is 10.4. The Bertz CT molecular complexity index is 551. The molecule has 3 rings (SSSR count). The molecule has 0 saturated heterocycles. The Labute approximate surface area is 105 Å². The number of anilines is 1. The van der Waals surface area contributed by atoms with Gasteiger partial charge in [-0.3, -0.25) is 4.68 Å². The Balaban J connectivity index is 2.14. The first-order valence-electron chi connectivity index (χ1n) is 5.87. The van der Waals surface area contributed by atoms with E-state index in [0.717, 1.165) is 11.4 Å². The molecule has 0 aromatic carbocycles. The molecule has 2 aromatic rings. The van der Waals surface area contributed by atoms with E-state index in [4.69, 9.17) is 5.73 Å². The standard InChI is InChI=1S/C13H17N3S/c1-13(2)7-8(13)11-10(9-5-4-6-17-9)12(14)16(3)15-11/h4-6,8H,7,14H2,1-3H3. The first-order valence-corrected chi connectivity index (χ1v) is 6.75. The second kappa shape index (κ2) is 3.35. The first kappa shape index (κ1) is 10.8. The second-order valence-corrected chi connectivity index (χ2v) is 6.44. The Morgan fingerprint density at radius 2 is 2.24 bits per heavy atom. The molecule has 0 radical (unpaired) electrons. The molecule has 1 aliphatic carbocycles. The maximum atomic E-state index is 6.16. The van der Waals surface area contributed by atoms with Crippen LogP contribution in [-0.2, 0) is 7.05 Å². The highest BCUT2D eigenvalue weighted by Crippen LogP contribution is 2.60. The number of rotatable bonds is 2. The van der Waals surface area contributed by atoms with Crippen molar-refractivity contribution < 1.29 is 0 Å². The van der Waals surface area contributed by atoms with Gasteiger partial charge in [0.25, 0.3) is 0 Å². The van der Waals surface area contributed by atoms with Crippen LogP contribution >= 0.6 is 11.3 Å². The van der Waals surface area contributed by atoms with Crippen molar-refractivity contribution in [3.05, 3.63) is 23.2 Å². The highest BCUT2D eigenvalue weighted by Gasteiger charge is 2.49. The van der Waals surface area contributed by atoms with Gasteiger partial charge in [0.15, 0.2) is 0 Å². The number of nitrogen functional groups attached to an aromatic ring is 1. The van der Waals surface area contributed by atoms with E-state index >= 15 is 0 Å². The van der Waals surface area contributed by atoms with Crippen molar-refractivity contribution in [3.8, 4) is 10.4 Å². The Morgan fingerprint density at radius 3 is 2.76 bits per heavy atom. The summed E-state index contributed by atoms with van der Waals surface area (Å²) >= 11 is 1.73. The first-order chi connectivity index (χ1) is 8.00. The predicted octanol–water partition coefficient (Wildman–Crippen LogP) is 3.24. The fraction of sp³-hybridized carbons (Fsp3) is 0.462. The quantitative estimate of drug-likeness (QED) is 0.885. The maximum Gasteiger partial charge on any atom is 0.130 e. The van der Waals surface area contributed by atoms with Crippen LogP contribution in [0.2, 0.25) is 0 Å². The summed E-state index contributed by atoms with van der Waals surface area (Å²) in [6.07, 6.45) is 1.21. The zero-order chi connectivity index (χ0) is 12.2. The summed E-state index contributed by atoms with van der Waals surface area (Å²) in [6, 6.07) is 4.19. The molecule has 1 saturated carbocycles. The van der Waals surface area contributed by atoms with Gasteiger partial charge in [0.1, 0.15) is 5.82 Å². The van der Waals surface area contributed by atoms with Crippen molar-refractivity contribution in [2.45, 2.75) is 26.2 Å². The molecule has 90 valence electrons. The van der Waals surface area contributed by atoms with Gasteiger partial charge < -0.3 is 5.73 Å². The minimum atomic E-state index is 0.382. The van der Waals surface area contributed by atoms with Gasteiger partial charge in [0, 0.05) is 17.8 Å². The number of thiophene rings is 1. The summed E-state index contributed by atoms with van der Waals surface area (Å²) in [5.74, 6) is 1.34. The van der Waals surface area contributed by atoms with Crippen molar-refractivity contribution in [1.82, 2.24) is 9.78 Å². The average molecular weight is 247 g/mol. The zero-order valence-corrected chi connectivity index (χ0v) is 11.2. The lowest BCUT2D eigenvalue weighted by molar-refractivity contribution is 0.609. The number of aryl methyl sites for hydroxylation is 1. The van der Waals surface area contributed by atoms with Crippen LogP contribution in [0.25, 0.3) is 10.4 Å². The summed E-state index contributed by atoms with van der Waals surface area (Å²) in [4.78, 5) is 1.23. The lowest BCUT2D eigenvalue weighted by Gasteiger charge is -2.03. The SMILES string of the molecule is Cn1nc(C2CC2(C)C)c(-c2cccs2)c1N. The van der Waals surface area contributed by atoms with Gasteiger partial charge in [-0.15, -0.1) is 11.3 Å². The van der Waals surface area contributed by atoms with Gasteiger partial charge in [-0.1, -0.05) is 19.9 Å². The summed E-state index contributed by atoms with van der Waals surface area (Å²) in [6.45, 7) is 4.58. The number of hydrogen-bond donors (Lipinski definition) is 1. The van der Waals surface area contributed by atoms with E-state index in [0.29, 0.717) is 11.3 Å². The van der Waals surface area contributed by atoms with Crippen LogP contribution in [-0.4, -0.2) is 9.78 Å². The van der Waals surface area contributed by atoms with Gasteiger partial charge in [-0.05, 0) is 23.3 Å². The van der Waals surface area contributed by atoms with Crippen molar-refractivity contribution in [2.75, 3.05) is 5.73 Å². The van der Waals surface area contributed by atoms with Crippen LogP contribution in [0.3, 0.4) is 0 Å². The number of nitrogens with zero attached hydrogens (tertiary/aromatic N) is 2. The highest BCUT2D eigenvalue weighted by atomic mass is 32.1. The molecular formula is C13H17N3S. The predicted molar refractivity (Wildman–Crippen MR) is 72.1 cm³/mol. The Kier molecular flexibility index (Phi) is 2.14. The fourth-order valence-corrected chi connectivity index (χ4v) is 3.20. The summed E-state index contributed by atoms with van der Waals surface area (Å²) in [7, 11) is 1.92. The third-order valence-corrected chi connectivity index (χ3v) is 4.62. The molecule has 1 atom stereocenters.